The number of amides is 1. The highest BCUT2D eigenvalue weighted by atomic mass is 16.5. The third kappa shape index (κ3) is 4.15. The Morgan fingerprint density at radius 3 is 2.12 bits per heavy atom. The molecule has 0 aliphatic carbocycles. The molecular weight excluding hydrogens is 306 g/mol. The van der Waals surface area contributed by atoms with Crippen LogP contribution in [0.15, 0.2) is 12.1 Å². The first-order valence-corrected chi connectivity index (χ1v) is 8.42. The second-order valence-corrected chi connectivity index (χ2v) is 6.82. The molecule has 1 aromatic carbocycles. The first-order chi connectivity index (χ1) is 11.2. The summed E-state index contributed by atoms with van der Waals surface area (Å²) in [5.74, 6) is -0.618. The number of carbonyl (C=O) groups excluding carboxylic acids is 2. The van der Waals surface area contributed by atoms with Crippen molar-refractivity contribution in [2.24, 2.45) is 0 Å². The summed E-state index contributed by atoms with van der Waals surface area (Å²) in [6.45, 7) is 12.3. The van der Waals surface area contributed by atoms with Gasteiger partial charge in [0.25, 0.3) is 5.91 Å². The first kappa shape index (κ1) is 18.5. The van der Waals surface area contributed by atoms with Crippen molar-refractivity contribution in [2.45, 2.75) is 59.9 Å². The maximum absolute atomic E-state index is 12.6. The monoisotopic (exact) mass is 333 g/mol. The Balaban J connectivity index is 2.07. The van der Waals surface area contributed by atoms with Crippen LogP contribution in [0.4, 0.5) is 0 Å². The number of rotatable bonds is 3. The van der Waals surface area contributed by atoms with Gasteiger partial charge in [0.15, 0.2) is 6.10 Å². The molecule has 132 valence electrons. The lowest BCUT2D eigenvalue weighted by molar-refractivity contribution is -0.151. The number of esters is 1. The molecule has 1 fully saturated rings. The Labute approximate surface area is 143 Å². The highest BCUT2D eigenvalue weighted by molar-refractivity contribution is 5.95. The van der Waals surface area contributed by atoms with Gasteiger partial charge in [0.05, 0.1) is 17.8 Å². The van der Waals surface area contributed by atoms with E-state index in [0.717, 1.165) is 16.7 Å². The van der Waals surface area contributed by atoms with Crippen molar-refractivity contribution in [1.29, 1.82) is 0 Å². The summed E-state index contributed by atoms with van der Waals surface area (Å²) < 4.78 is 11.1. The third-order valence-electron chi connectivity index (χ3n) is 4.24. The van der Waals surface area contributed by atoms with Crippen LogP contribution in [-0.4, -0.2) is 48.2 Å². The van der Waals surface area contributed by atoms with E-state index in [9.17, 15) is 9.59 Å². The molecule has 0 bridgehead atoms. The average Bonchev–Trinajstić information content (AvgIpc) is 2.44. The fourth-order valence-electron chi connectivity index (χ4n) is 3.39. The first-order valence-electron chi connectivity index (χ1n) is 8.42. The Bertz CT molecular complexity index is 607. The molecule has 2 rings (SSSR count). The summed E-state index contributed by atoms with van der Waals surface area (Å²) in [5, 5.41) is 0. The molecule has 24 heavy (non-hydrogen) atoms. The number of hydrogen-bond acceptors (Lipinski definition) is 4. The molecule has 1 aliphatic heterocycles. The number of benzene rings is 1. The van der Waals surface area contributed by atoms with Gasteiger partial charge in [-0.3, -0.25) is 4.79 Å². The largest absolute Gasteiger partial charge is 0.449 e. The normalized spacial score (nSPS) is 22.2. The summed E-state index contributed by atoms with van der Waals surface area (Å²) in [6.07, 6.45) is -0.834. The summed E-state index contributed by atoms with van der Waals surface area (Å²) in [5.41, 5.74) is 3.38. The number of carbonyl (C=O) groups is 2. The average molecular weight is 333 g/mol. The molecule has 1 amide bonds. The van der Waals surface area contributed by atoms with E-state index in [1.54, 1.807) is 11.8 Å². The van der Waals surface area contributed by atoms with Gasteiger partial charge >= 0.3 is 5.97 Å². The Hall–Kier alpha value is -1.88. The number of aryl methyl sites for hydroxylation is 3. The molecule has 3 atom stereocenters. The molecule has 1 saturated heterocycles. The fourth-order valence-corrected chi connectivity index (χ4v) is 3.39. The molecule has 5 nitrogen and oxygen atoms in total. The van der Waals surface area contributed by atoms with Crippen molar-refractivity contribution in [3.05, 3.63) is 34.4 Å². The minimum Gasteiger partial charge on any atom is -0.449 e. The molecule has 0 N–H and O–H groups in total. The van der Waals surface area contributed by atoms with Gasteiger partial charge < -0.3 is 14.4 Å². The van der Waals surface area contributed by atoms with Gasteiger partial charge in [-0.2, -0.15) is 0 Å². The summed E-state index contributed by atoms with van der Waals surface area (Å²) >= 11 is 0. The molecule has 1 aromatic rings. The highest BCUT2D eigenvalue weighted by Crippen LogP contribution is 2.19. The predicted octanol–water partition coefficient (Wildman–Crippen LogP) is 2.79. The molecule has 0 spiro atoms. The molecule has 1 heterocycles. The standard InChI is InChI=1S/C19H27NO4/c1-11-7-12(2)17(13(3)8-11)19(22)24-16(6)18(21)20-9-14(4)23-15(5)10-20/h7-8,14-16H,9-10H2,1-6H3. The number of ether oxygens (including phenoxy) is 2. The van der Waals surface area contributed by atoms with Crippen molar-refractivity contribution in [2.75, 3.05) is 13.1 Å². The topological polar surface area (TPSA) is 55.8 Å². The van der Waals surface area contributed by atoms with Crippen LogP contribution in [-0.2, 0) is 14.3 Å². The highest BCUT2D eigenvalue weighted by Gasteiger charge is 2.31. The molecule has 0 radical (unpaired) electrons. The van der Waals surface area contributed by atoms with Gasteiger partial charge in [0, 0.05) is 13.1 Å². The minimum absolute atomic E-state index is 0.0119. The maximum Gasteiger partial charge on any atom is 0.339 e. The van der Waals surface area contributed by atoms with Crippen molar-refractivity contribution in [1.82, 2.24) is 4.90 Å². The van der Waals surface area contributed by atoms with Crippen LogP contribution in [0.2, 0.25) is 0 Å². The predicted molar refractivity (Wildman–Crippen MR) is 92.1 cm³/mol. The zero-order valence-electron chi connectivity index (χ0n) is 15.4. The fraction of sp³-hybridized carbons (Fsp3) is 0.579. The van der Waals surface area contributed by atoms with Crippen LogP contribution < -0.4 is 0 Å². The van der Waals surface area contributed by atoms with E-state index in [4.69, 9.17) is 9.47 Å². The van der Waals surface area contributed by atoms with Gasteiger partial charge in [0.2, 0.25) is 0 Å². The smallest absolute Gasteiger partial charge is 0.339 e. The summed E-state index contributed by atoms with van der Waals surface area (Å²) in [7, 11) is 0. The Kier molecular flexibility index (Phi) is 5.65. The van der Waals surface area contributed by atoms with E-state index in [1.165, 1.54) is 0 Å². The second-order valence-electron chi connectivity index (χ2n) is 6.82. The zero-order valence-corrected chi connectivity index (χ0v) is 15.4. The molecule has 0 aromatic heterocycles. The number of nitrogens with zero attached hydrogens (tertiary/aromatic N) is 1. The van der Waals surface area contributed by atoms with Crippen molar-refractivity contribution in [3.8, 4) is 0 Å². The lowest BCUT2D eigenvalue weighted by atomic mass is 10.00. The second kappa shape index (κ2) is 7.34. The molecule has 1 aliphatic rings. The Morgan fingerprint density at radius 2 is 1.62 bits per heavy atom. The summed E-state index contributed by atoms with van der Waals surface area (Å²) in [6, 6.07) is 3.89. The van der Waals surface area contributed by atoms with E-state index in [0.29, 0.717) is 18.7 Å². The van der Waals surface area contributed by atoms with E-state index < -0.39 is 12.1 Å². The molecular formula is C19H27NO4. The van der Waals surface area contributed by atoms with Crippen LogP contribution in [0.1, 0.15) is 47.8 Å². The van der Waals surface area contributed by atoms with Crippen molar-refractivity contribution in [3.63, 3.8) is 0 Å². The van der Waals surface area contributed by atoms with Crippen molar-refractivity contribution < 1.29 is 19.1 Å². The van der Waals surface area contributed by atoms with Gasteiger partial charge in [-0.1, -0.05) is 17.7 Å². The minimum atomic E-state index is -0.810. The van der Waals surface area contributed by atoms with Crippen LogP contribution in [0, 0.1) is 20.8 Å². The van der Waals surface area contributed by atoms with E-state index in [-0.39, 0.29) is 18.1 Å². The van der Waals surface area contributed by atoms with Crippen LogP contribution in [0.25, 0.3) is 0 Å². The third-order valence-corrected chi connectivity index (χ3v) is 4.24. The van der Waals surface area contributed by atoms with Crippen LogP contribution >= 0.6 is 0 Å². The number of morpholine rings is 1. The van der Waals surface area contributed by atoms with Gasteiger partial charge in [0.1, 0.15) is 0 Å². The van der Waals surface area contributed by atoms with E-state index in [1.807, 2.05) is 46.8 Å². The van der Waals surface area contributed by atoms with Gasteiger partial charge in [-0.25, -0.2) is 4.79 Å². The van der Waals surface area contributed by atoms with Gasteiger partial charge in [-0.15, -0.1) is 0 Å². The van der Waals surface area contributed by atoms with Crippen molar-refractivity contribution >= 4 is 11.9 Å². The van der Waals surface area contributed by atoms with Gasteiger partial charge in [-0.05, 0) is 52.7 Å². The molecule has 0 saturated carbocycles. The van der Waals surface area contributed by atoms with E-state index in [2.05, 4.69) is 0 Å². The molecule has 5 heteroatoms. The van der Waals surface area contributed by atoms with E-state index >= 15 is 0 Å². The lowest BCUT2D eigenvalue weighted by Gasteiger charge is -2.36. The zero-order chi connectivity index (χ0) is 18.0. The van der Waals surface area contributed by atoms with Crippen LogP contribution in [0.5, 0.6) is 0 Å². The molecule has 3 unspecified atom stereocenters. The lowest BCUT2D eigenvalue weighted by Crippen LogP contribution is -2.51. The number of hydrogen-bond donors (Lipinski definition) is 0. The van der Waals surface area contributed by atoms with Crippen LogP contribution in [0.3, 0.4) is 0 Å². The Morgan fingerprint density at radius 1 is 1.12 bits per heavy atom. The SMILES string of the molecule is Cc1cc(C)c(C(=O)OC(C)C(=O)N2CC(C)OC(C)C2)c(C)c1. The maximum atomic E-state index is 12.6. The summed E-state index contributed by atoms with van der Waals surface area (Å²) in [4.78, 5) is 26.8. The quantitative estimate of drug-likeness (QED) is 0.798.